The van der Waals surface area contributed by atoms with Gasteiger partial charge in [0.05, 0.1) is 0 Å². The van der Waals surface area contributed by atoms with Crippen LogP contribution in [0.1, 0.15) is 20.8 Å². The molecule has 12 heavy (non-hydrogen) atoms. The summed E-state index contributed by atoms with van der Waals surface area (Å²) in [4.78, 5) is -3.22. The largest absolute Gasteiger partial charge is 0.385 e. The summed E-state index contributed by atoms with van der Waals surface area (Å²) in [6, 6.07) is 0. The fraction of sp³-hybridized carbons (Fsp3) is 1.00. The number of halogens is 3. The lowest BCUT2D eigenvalue weighted by Crippen LogP contribution is -2.45. The van der Waals surface area contributed by atoms with Crippen LogP contribution in [0.4, 0.5) is 8.78 Å². The summed E-state index contributed by atoms with van der Waals surface area (Å²) in [6.45, 7) is 5.38. The number of hydrogen-bond acceptors (Lipinski definition) is 2. The molecule has 0 rings (SSSR count). The van der Waals surface area contributed by atoms with E-state index in [2.05, 4.69) is 21.2 Å². The van der Waals surface area contributed by atoms with Crippen LogP contribution in [0.15, 0.2) is 0 Å². The summed E-state index contributed by atoms with van der Waals surface area (Å²) in [5.41, 5.74) is -0.265. The topological polar surface area (TPSA) is 32.3 Å². The van der Waals surface area contributed by atoms with E-state index >= 15 is 0 Å². The molecule has 1 unspecified atom stereocenters. The molecule has 0 amide bonds. The van der Waals surface area contributed by atoms with Crippen molar-refractivity contribution in [2.75, 3.05) is 6.54 Å². The van der Waals surface area contributed by atoms with E-state index in [1.807, 2.05) is 20.8 Å². The fourth-order valence-electron chi connectivity index (χ4n) is 0.519. The van der Waals surface area contributed by atoms with Crippen LogP contribution in [-0.2, 0) is 0 Å². The Bertz CT molecular complexity index is 141. The highest BCUT2D eigenvalue weighted by Crippen LogP contribution is 2.25. The van der Waals surface area contributed by atoms with Crippen LogP contribution in [0.5, 0.6) is 0 Å². The third-order valence-corrected chi connectivity index (χ3v) is 1.73. The SMILES string of the molecule is CC(C)(C)NCC(O)C(F)(F)Br. The molecule has 0 saturated carbocycles. The lowest BCUT2D eigenvalue weighted by Gasteiger charge is -2.24. The first-order chi connectivity index (χ1) is 5.13. The highest BCUT2D eigenvalue weighted by Gasteiger charge is 2.35. The van der Waals surface area contributed by atoms with Gasteiger partial charge in [0.1, 0.15) is 6.10 Å². The van der Waals surface area contributed by atoms with E-state index < -0.39 is 10.9 Å². The summed E-state index contributed by atoms with van der Waals surface area (Å²) >= 11 is 2.09. The Morgan fingerprint density at radius 2 is 1.83 bits per heavy atom. The number of alkyl halides is 3. The lowest BCUT2D eigenvalue weighted by molar-refractivity contribution is -0.0287. The van der Waals surface area contributed by atoms with Gasteiger partial charge in [-0.1, -0.05) is 0 Å². The van der Waals surface area contributed by atoms with E-state index in [1.165, 1.54) is 0 Å². The zero-order chi connectivity index (χ0) is 9.99. The molecule has 0 aliphatic carbocycles. The maximum absolute atomic E-state index is 12.3. The number of aliphatic hydroxyl groups is 1. The van der Waals surface area contributed by atoms with Gasteiger partial charge in [-0.05, 0) is 36.7 Å². The third-order valence-electron chi connectivity index (χ3n) is 1.20. The van der Waals surface area contributed by atoms with Crippen molar-refractivity contribution < 1.29 is 13.9 Å². The van der Waals surface area contributed by atoms with Crippen molar-refractivity contribution in [2.45, 2.75) is 37.2 Å². The van der Waals surface area contributed by atoms with Crippen molar-refractivity contribution >= 4 is 15.9 Å². The number of β-amino-alcohol motifs (C(OH)–C–C–N with tert-alkyl or cyclic N) is 1. The molecule has 0 aromatic rings. The Morgan fingerprint density at radius 1 is 1.42 bits per heavy atom. The maximum atomic E-state index is 12.3. The van der Waals surface area contributed by atoms with Crippen molar-refractivity contribution in [2.24, 2.45) is 0 Å². The van der Waals surface area contributed by atoms with E-state index in [0.29, 0.717) is 0 Å². The second-order valence-electron chi connectivity index (χ2n) is 3.69. The zero-order valence-corrected chi connectivity index (χ0v) is 8.95. The molecular weight excluding hydrogens is 232 g/mol. The minimum absolute atomic E-state index is 0.137. The zero-order valence-electron chi connectivity index (χ0n) is 7.37. The van der Waals surface area contributed by atoms with Crippen LogP contribution in [0.2, 0.25) is 0 Å². The molecule has 0 aliphatic rings. The lowest BCUT2D eigenvalue weighted by atomic mass is 10.1. The summed E-state index contributed by atoms with van der Waals surface area (Å²) in [6.07, 6.45) is -1.70. The van der Waals surface area contributed by atoms with Gasteiger partial charge in [-0.15, -0.1) is 0 Å². The first kappa shape index (κ1) is 12.3. The average Bonchev–Trinajstić information content (AvgIpc) is 1.78. The Kier molecular flexibility index (Phi) is 4.07. The summed E-state index contributed by atoms with van der Waals surface area (Å²) < 4.78 is 24.6. The smallest absolute Gasteiger partial charge is 0.327 e. The Morgan fingerprint density at radius 3 is 2.08 bits per heavy atom. The molecule has 0 saturated heterocycles. The minimum atomic E-state index is -3.22. The molecule has 0 aromatic heterocycles. The third kappa shape index (κ3) is 5.85. The Hall–Kier alpha value is 0.260. The van der Waals surface area contributed by atoms with E-state index in [4.69, 9.17) is 5.11 Å². The number of nitrogens with one attached hydrogen (secondary N) is 1. The minimum Gasteiger partial charge on any atom is -0.385 e. The van der Waals surface area contributed by atoms with E-state index in [9.17, 15) is 8.78 Å². The molecule has 0 heterocycles. The molecule has 0 bridgehead atoms. The summed E-state index contributed by atoms with van der Waals surface area (Å²) in [5.74, 6) is 0. The number of rotatable bonds is 3. The van der Waals surface area contributed by atoms with Gasteiger partial charge >= 0.3 is 4.83 Å². The van der Waals surface area contributed by atoms with Crippen LogP contribution in [0, 0.1) is 0 Å². The summed E-state index contributed by atoms with van der Waals surface area (Å²) in [5, 5.41) is 11.7. The second kappa shape index (κ2) is 3.98. The molecule has 0 aromatic carbocycles. The molecule has 74 valence electrons. The maximum Gasteiger partial charge on any atom is 0.327 e. The standard InChI is InChI=1S/C7H14BrF2NO/c1-6(2,3)11-4-5(12)7(8,9)10/h5,11-12H,4H2,1-3H3. The number of hydrogen-bond donors (Lipinski definition) is 2. The van der Waals surface area contributed by atoms with E-state index in [-0.39, 0.29) is 12.1 Å². The Labute approximate surface area is 79.5 Å². The van der Waals surface area contributed by atoms with Crippen LogP contribution in [0.3, 0.4) is 0 Å². The van der Waals surface area contributed by atoms with Crippen LogP contribution < -0.4 is 5.32 Å². The predicted molar refractivity (Wildman–Crippen MR) is 47.6 cm³/mol. The molecule has 2 nitrogen and oxygen atoms in total. The van der Waals surface area contributed by atoms with Gasteiger partial charge in [0.25, 0.3) is 0 Å². The Balaban J connectivity index is 3.80. The second-order valence-corrected chi connectivity index (χ2v) is 4.75. The number of aliphatic hydroxyl groups excluding tert-OH is 1. The quantitative estimate of drug-likeness (QED) is 0.743. The predicted octanol–water partition coefficient (Wildman–Crippen LogP) is 1.72. The monoisotopic (exact) mass is 245 g/mol. The van der Waals surface area contributed by atoms with Gasteiger partial charge in [0.2, 0.25) is 0 Å². The van der Waals surface area contributed by atoms with Gasteiger partial charge in [0.15, 0.2) is 0 Å². The van der Waals surface area contributed by atoms with Crippen molar-refractivity contribution in [3.05, 3.63) is 0 Å². The van der Waals surface area contributed by atoms with Crippen LogP contribution in [0.25, 0.3) is 0 Å². The van der Waals surface area contributed by atoms with Gasteiger partial charge < -0.3 is 10.4 Å². The van der Waals surface area contributed by atoms with Crippen molar-refractivity contribution in [3.63, 3.8) is 0 Å². The first-order valence-corrected chi connectivity index (χ1v) is 4.42. The highest BCUT2D eigenvalue weighted by molar-refractivity contribution is 9.10. The van der Waals surface area contributed by atoms with Crippen molar-refractivity contribution in [1.29, 1.82) is 0 Å². The van der Waals surface area contributed by atoms with Crippen LogP contribution >= 0.6 is 15.9 Å². The summed E-state index contributed by atoms with van der Waals surface area (Å²) in [7, 11) is 0. The van der Waals surface area contributed by atoms with Gasteiger partial charge in [-0.3, -0.25) is 0 Å². The average molecular weight is 246 g/mol. The van der Waals surface area contributed by atoms with E-state index in [1.54, 1.807) is 0 Å². The molecule has 2 N–H and O–H groups in total. The van der Waals surface area contributed by atoms with E-state index in [0.717, 1.165) is 0 Å². The molecular formula is C7H14BrF2NO. The van der Waals surface area contributed by atoms with Crippen LogP contribution in [-0.4, -0.2) is 28.1 Å². The molecule has 0 radical (unpaired) electrons. The molecule has 5 heteroatoms. The molecule has 0 fully saturated rings. The normalized spacial score (nSPS) is 16.2. The fourth-order valence-corrected chi connectivity index (χ4v) is 0.680. The van der Waals surface area contributed by atoms with Gasteiger partial charge in [0, 0.05) is 12.1 Å². The van der Waals surface area contributed by atoms with Crippen molar-refractivity contribution in [1.82, 2.24) is 5.32 Å². The van der Waals surface area contributed by atoms with Gasteiger partial charge in [-0.2, -0.15) is 8.78 Å². The molecule has 0 aliphatic heterocycles. The molecule has 1 atom stereocenters. The van der Waals surface area contributed by atoms with Crippen molar-refractivity contribution in [3.8, 4) is 0 Å². The molecule has 0 spiro atoms. The highest BCUT2D eigenvalue weighted by atomic mass is 79.9. The first-order valence-electron chi connectivity index (χ1n) is 3.63. The van der Waals surface area contributed by atoms with Gasteiger partial charge in [-0.25, -0.2) is 0 Å².